The molecular weight excluding hydrogens is 357 g/mol. The maximum atomic E-state index is 13.1. The van der Waals surface area contributed by atoms with Crippen LogP contribution in [0.15, 0.2) is 40.8 Å². The zero-order valence-electron chi connectivity index (χ0n) is 16.6. The summed E-state index contributed by atoms with van der Waals surface area (Å²) in [4.78, 5) is 7.50. The van der Waals surface area contributed by atoms with Crippen molar-refractivity contribution in [3.8, 4) is 0 Å². The molecule has 4 rings (SSSR count). The number of benzene rings is 1. The van der Waals surface area contributed by atoms with Crippen LogP contribution in [0.2, 0.25) is 0 Å². The van der Waals surface area contributed by atoms with E-state index < -0.39 is 0 Å². The highest BCUT2D eigenvalue weighted by atomic mass is 19.1. The Morgan fingerprint density at radius 3 is 2.50 bits per heavy atom. The predicted molar refractivity (Wildman–Crippen MR) is 108 cm³/mol. The number of hydrogen-bond donors (Lipinski definition) is 0. The average Bonchev–Trinajstić information content (AvgIpc) is 3.16. The molecule has 0 bridgehead atoms. The SMILES string of the molecule is COCc1ccc(CN2CCC[C@@H](N3CCN(c4ccc(F)cc4)CC3)C2)o1. The number of rotatable bonds is 6. The standard InChI is InChI=1S/C22H30FN3O2/c1-27-17-22-9-8-21(28-22)16-24-10-2-3-20(15-24)26-13-11-25(12-14-26)19-6-4-18(23)5-7-19/h4-9,20H,2-3,10-17H2,1H3/t20-/m1/s1. The third kappa shape index (κ3) is 4.74. The van der Waals surface area contributed by atoms with Crippen molar-refractivity contribution in [2.75, 3.05) is 51.3 Å². The van der Waals surface area contributed by atoms with E-state index in [2.05, 4.69) is 20.8 Å². The molecule has 28 heavy (non-hydrogen) atoms. The van der Waals surface area contributed by atoms with Gasteiger partial charge in [0.25, 0.3) is 0 Å². The van der Waals surface area contributed by atoms with Crippen LogP contribution >= 0.6 is 0 Å². The van der Waals surface area contributed by atoms with Crippen molar-refractivity contribution in [1.29, 1.82) is 0 Å². The van der Waals surface area contributed by atoms with Gasteiger partial charge in [-0.2, -0.15) is 0 Å². The Bertz CT molecular complexity index is 740. The summed E-state index contributed by atoms with van der Waals surface area (Å²) in [6, 6.07) is 11.6. The molecule has 1 aromatic heterocycles. The van der Waals surface area contributed by atoms with Crippen LogP contribution in [0.25, 0.3) is 0 Å². The van der Waals surface area contributed by atoms with E-state index in [0.29, 0.717) is 12.6 Å². The quantitative estimate of drug-likeness (QED) is 0.759. The van der Waals surface area contributed by atoms with E-state index in [0.717, 1.165) is 63.0 Å². The molecular formula is C22H30FN3O2. The van der Waals surface area contributed by atoms with Gasteiger partial charge in [-0.25, -0.2) is 4.39 Å². The number of methoxy groups -OCH3 is 1. The minimum Gasteiger partial charge on any atom is -0.462 e. The zero-order chi connectivity index (χ0) is 19.3. The molecule has 2 fully saturated rings. The van der Waals surface area contributed by atoms with E-state index in [1.165, 1.54) is 12.8 Å². The second kappa shape index (κ2) is 9.07. The molecule has 2 saturated heterocycles. The summed E-state index contributed by atoms with van der Waals surface area (Å²) in [5, 5.41) is 0. The fraction of sp³-hybridized carbons (Fsp3) is 0.545. The molecule has 1 atom stereocenters. The molecule has 0 saturated carbocycles. The summed E-state index contributed by atoms with van der Waals surface area (Å²) in [5.41, 5.74) is 1.12. The van der Waals surface area contributed by atoms with Crippen LogP contribution in [0.3, 0.4) is 0 Å². The number of hydrogen-bond acceptors (Lipinski definition) is 5. The molecule has 152 valence electrons. The largest absolute Gasteiger partial charge is 0.462 e. The van der Waals surface area contributed by atoms with Crippen LogP contribution in [0.1, 0.15) is 24.4 Å². The first-order chi connectivity index (χ1) is 13.7. The lowest BCUT2D eigenvalue weighted by Gasteiger charge is -2.43. The molecule has 5 nitrogen and oxygen atoms in total. The van der Waals surface area contributed by atoms with Crippen molar-refractivity contribution in [2.45, 2.75) is 32.0 Å². The fourth-order valence-electron chi connectivity index (χ4n) is 4.42. The maximum Gasteiger partial charge on any atom is 0.129 e. The molecule has 0 unspecified atom stereocenters. The molecule has 0 N–H and O–H groups in total. The lowest BCUT2D eigenvalue weighted by Crippen LogP contribution is -2.55. The van der Waals surface area contributed by atoms with Gasteiger partial charge in [-0.1, -0.05) is 0 Å². The Morgan fingerprint density at radius 2 is 1.75 bits per heavy atom. The molecule has 3 heterocycles. The molecule has 2 aliphatic rings. The lowest BCUT2D eigenvalue weighted by atomic mass is 10.0. The van der Waals surface area contributed by atoms with Crippen molar-refractivity contribution in [3.63, 3.8) is 0 Å². The van der Waals surface area contributed by atoms with E-state index in [1.54, 1.807) is 19.2 Å². The minimum atomic E-state index is -0.171. The van der Waals surface area contributed by atoms with Gasteiger partial charge in [0.15, 0.2) is 0 Å². The number of likely N-dealkylation sites (tertiary alicyclic amines) is 1. The van der Waals surface area contributed by atoms with Crippen molar-refractivity contribution in [2.24, 2.45) is 0 Å². The van der Waals surface area contributed by atoms with Gasteiger partial charge >= 0.3 is 0 Å². The third-order valence-corrected chi connectivity index (χ3v) is 5.89. The molecule has 2 aliphatic heterocycles. The smallest absolute Gasteiger partial charge is 0.129 e. The summed E-state index contributed by atoms with van der Waals surface area (Å²) in [6.45, 7) is 7.75. The zero-order valence-corrected chi connectivity index (χ0v) is 16.6. The normalized spacial score (nSPS) is 21.9. The first-order valence-electron chi connectivity index (χ1n) is 10.2. The second-order valence-corrected chi connectivity index (χ2v) is 7.83. The van der Waals surface area contributed by atoms with Crippen molar-refractivity contribution in [1.82, 2.24) is 9.80 Å². The van der Waals surface area contributed by atoms with E-state index in [9.17, 15) is 4.39 Å². The number of anilines is 1. The van der Waals surface area contributed by atoms with Crippen LogP contribution < -0.4 is 4.90 Å². The summed E-state index contributed by atoms with van der Waals surface area (Å²) >= 11 is 0. The van der Waals surface area contributed by atoms with E-state index in [1.807, 2.05) is 18.2 Å². The first kappa shape index (κ1) is 19.4. The summed E-state index contributed by atoms with van der Waals surface area (Å²) < 4.78 is 24.1. The molecule has 0 aliphatic carbocycles. The highest BCUT2D eigenvalue weighted by molar-refractivity contribution is 5.46. The maximum absolute atomic E-state index is 13.1. The first-order valence-corrected chi connectivity index (χ1v) is 10.2. The van der Waals surface area contributed by atoms with Crippen LogP contribution in [0.4, 0.5) is 10.1 Å². The number of nitrogens with zero attached hydrogens (tertiary/aromatic N) is 3. The fourth-order valence-corrected chi connectivity index (χ4v) is 4.42. The summed E-state index contributed by atoms with van der Waals surface area (Å²) in [6.07, 6.45) is 2.49. The number of furan rings is 1. The Labute approximate surface area is 166 Å². The lowest BCUT2D eigenvalue weighted by molar-refractivity contribution is 0.0837. The van der Waals surface area contributed by atoms with Crippen molar-refractivity contribution < 1.29 is 13.5 Å². The molecule has 0 radical (unpaired) electrons. The topological polar surface area (TPSA) is 32.1 Å². The van der Waals surface area contributed by atoms with E-state index in [4.69, 9.17) is 9.15 Å². The average molecular weight is 387 g/mol. The van der Waals surface area contributed by atoms with Gasteiger partial charge in [0.2, 0.25) is 0 Å². The molecule has 2 aromatic rings. The summed E-state index contributed by atoms with van der Waals surface area (Å²) in [5.74, 6) is 1.74. The third-order valence-electron chi connectivity index (χ3n) is 5.89. The van der Waals surface area contributed by atoms with Gasteiger partial charge in [-0.15, -0.1) is 0 Å². The van der Waals surface area contributed by atoms with Gasteiger partial charge in [0, 0.05) is 51.6 Å². The Kier molecular flexibility index (Phi) is 6.29. The minimum absolute atomic E-state index is 0.171. The van der Waals surface area contributed by atoms with Gasteiger partial charge < -0.3 is 14.1 Å². The van der Waals surface area contributed by atoms with Crippen LogP contribution in [-0.4, -0.2) is 62.2 Å². The summed E-state index contributed by atoms with van der Waals surface area (Å²) in [7, 11) is 1.69. The van der Waals surface area contributed by atoms with Crippen molar-refractivity contribution >= 4 is 5.69 Å². The Hall–Kier alpha value is -1.89. The van der Waals surface area contributed by atoms with Gasteiger partial charge in [0.1, 0.15) is 23.9 Å². The van der Waals surface area contributed by atoms with Gasteiger partial charge in [-0.05, 0) is 55.8 Å². The van der Waals surface area contributed by atoms with Crippen molar-refractivity contribution in [3.05, 3.63) is 53.7 Å². The highest BCUT2D eigenvalue weighted by Gasteiger charge is 2.28. The van der Waals surface area contributed by atoms with Crippen LogP contribution in [0, 0.1) is 5.82 Å². The molecule has 0 spiro atoms. The number of ether oxygens (including phenoxy) is 1. The molecule has 0 amide bonds. The number of piperidine rings is 1. The Balaban J connectivity index is 1.28. The van der Waals surface area contributed by atoms with Gasteiger partial charge in [0.05, 0.1) is 6.54 Å². The molecule has 1 aromatic carbocycles. The number of piperazine rings is 1. The van der Waals surface area contributed by atoms with E-state index in [-0.39, 0.29) is 5.82 Å². The van der Waals surface area contributed by atoms with Crippen LogP contribution in [0.5, 0.6) is 0 Å². The highest BCUT2D eigenvalue weighted by Crippen LogP contribution is 2.22. The predicted octanol–water partition coefficient (Wildman–Crippen LogP) is 3.35. The Morgan fingerprint density at radius 1 is 1.00 bits per heavy atom. The number of halogens is 1. The molecule has 6 heteroatoms. The van der Waals surface area contributed by atoms with E-state index >= 15 is 0 Å². The van der Waals surface area contributed by atoms with Gasteiger partial charge in [-0.3, -0.25) is 9.80 Å². The second-order valence-electron chi connectivity index (χ2n) is 7.83. The monoisotopic (exact) mass is 387 g/mol. The van der Waals surface area contributed by atoms with Crippen LogP contribution in [-0.2, 0) is 17.9 Å².